The smallest absolute Gasteiger partial charge is 0.0762 e. The Kier molecular flexibility index (Phi) is 3.11. The number of likely N-dealkylation sites (N-methyl/N-ethyl adjacent to an activating group) is 1. The van der Waals surface area contributed by atoms with Crippen molar-refractivity contribution in [3.8, 4) is 0 Å². The lowest BCUT2D eigenvalue weighted by atomic mass is 9.86. The van der Waals surface area contributed by atoms with Crippen LogP contribution in [-0.4, -0.2) is 21.5 Å². The lowest BCUT2D eigenvalue weighted by Gasteiger charge is -2.28. The van der Waals surface area contributed by atoms with E-state index < -0.39 is 0 Å². The SMILES string of the molecule is CCNC(c1cnnn1C)C1(c2ccccc2)CC1. The van der Waals surface area contributed by atoms with E-state index >= 15 is 0 Å². The van der Waals surface area contributed by atoms with Crippen molar-refractivity contribution in [3.05, 3.63) is 47.8 Å². The Morgan fingerprint density at radius 1 is 1.32 bits per heavy atom. The molecule has 1 atom stereocenters. The van der Waals surface area contributed by atoms with Gasteiger partial charge < -0.3 is 5.32 Å². The first-order valence-corrected chi connectivity index (χ1v) is 6.91. The van der Waals surface area contributed by atoms with Crippen LogP contribution in [0, 0.1) is 0 Å². The fourth-order valence-electron chi connectivity index (χ4n) is 2.99. The molecule has 100 valence electrons. The van der Waals surface area contributed by atoms with E-state index in [4.69, 9.17) is 0 Å². The van der Waals surface area contributed by atoms with Gasteiger partial charge in [0.2, 0.25) is 0 Å². The summed E-state index contributed by atoms with van der Waals surface area (Å²) in [6.07, 6.45) is 4.33. The largest absolute Gasteiger partial charge is 0.308 e. The third-order valence-corrected chi connectivity index (χ3v) is 4.14. The van der Waals surface area contributed by atoms with Gasteiger partial charge in [-0.2, -0.15) is 0 Å². The summed E-state index contributed by atoms with van der Waals surface area (Å²) in [6, 6.07) is 11.1. The highest BCUT2D eigenvalue weighted by Crippen LogP contribution is 2.56. The van der Waals surface area contributed by atoms with E-state index in [2.05, 4.69) is 52.9 Å². The molecule has 0 aliphatic heterocycles. The highest BCUT2D eigenvalue weighted by molar-refractivity contribution is 5.36. The summed E-state index contributed by atoms with van der Waals surface area (Å²) >= 11 is 0. The fraction of sp³-hybridized carbons (Fsp3) is 0.467. The van der Waals surface area contributed by atoms with Gasteiger partial charge in [-0.3, -0.25) is 4.68 Å². The van der Waals surface area contributed by atoms with Crippen LogP contribution in [0.15, 0.2) is 36.5 Å². The Labute approximate surface area is 113 Å². The van der Waals surface area contributed by atoms with E-state index in [9.17, 15) is 0 Å². The van der Waals surface area contributed by atoms with Crippen LogP contribution >= 0.6 is 0 Å². The van der Waals surface area contributed by atoms with Gasteiger partial charge in [0.25, 0.3) is 0 Å². The molecule has 1 N–H and O–H groups in total. The van der Waals surface area contributed by atoms with Gasteiger partial charge in [-0.15, -0.1) is 5.10 Å². The van der Waals surface area contributed by atoms with Gasteiger partial charge in [-0.25, -0.2) is 0 Å². The van der Waals surface area contributed by atoms with Crippen LogP contribution < -0.4 is 5.32 Å². The second kappa shape index (κ2) is 4.78. The molecule has 1 heterocycles. The number of aromatic nitrogens is 3. The van der Waals surface area contributed by atoms with Gasteiger partial charge >= 0.3 is 0 Å². The molecule has 3 rings (SSSR count). The highest BCUT2D eigenvalue weighted by Gasteiger charge is 2.51. The van der Waals surface area contributed by atoms with Crippen molar-refractivity contribution >= 4 is 0 Å². The Balaban J connectivity index is 1.99. The zero-order chi connectivity index (χ0) is 13.3. The lowest BCUT2D eigenvalue weighted by molar-refractivity contribution is 0.413. The predicted molar refractivity (Wildman–Crippen MR) is 74.8 cm³/mol. The third-order valence-electron chi connectivity index (χ3n) is 4.14. The van der Waals surface area contributed by atoms with Crippen molar-refractivity contribution < 1.29 is 0 Å². The minimum absolute atomic E-state index is 0.215. The summed E-state index contributed by atoms with van der Waals surface area (Å²) < 4.78 is 1.89. The van der Waals surface area contributed by atoms with E-state index in [0.717, 1.165) is 6.54 Å². The molecule has 0 saturated heterocycles. The monoisotopic (exact) mass is 256 g/mol. The second-order valence-corrected chi connectivity index (χ2v) is 5.30. The van der Waals surface area contributed by atoms with Crippen molar-refractivity contribution in [1.29, 1.82) is 0 Å². The van der Waals surface area contributed by atoms with Crippen LogP contribution in [0.1, 0.15) is 37.1 Å². The average molecular weight is 256 g/mol. The molecule has 0 bridgehead atoms. The van der Waals surface area contributed by atoms with Crippen LogP contribution in [0.25, 0.3) is 0 Å². The lowest BCUT2D eigenvalue weighted by Crippen LogP contribution is -2.33. The van der Waals surface area contributed by atoms with Crippen molar-refractivity contribution in [1.82, 2.24) is 20.3 Å². The zero-order valence-corrected chi connectivity index (χ0v) is 11.5. The summed E-state index contributed by atoms with van der Waals surface area (Å²) in [5, 5.41) is 11.7. The van der Waals surface area contributed by atoms with Crippen molar-refractivity contribution in [2.75, 3.05) is 6.54 Å². The Morgan fingerprint density at radius 3 is 2.58 bits per heavy atom. The maximum atomic E-state index is 4.08. The van der Waals surface area contributed by atoms with Crippen LogP contribution in [0.2, 0.25) is 0 Å². The molecule has 0 radical (unpaired) electrons. The maximum absolute atomic E-state index is 4.08. The first kappa shape index (κ1) is 12.4. The molecular formula is C15H20N4. The minimum Gasteiger partial charge on any atom is -0.308 e. The van der Waals surface area contributed by atoms with E-state index in [1.165, 1.54) is 24.1 Å². The van der Waals surface area contributed by atoms with Crippen molar-refractivity contribution in [2.24, 2.45) is 7.05 Å². The number of benzene rings is 1. The molecule has 2 aromatic rings. The molecule has 1 aromatic carbocycles. The van der Waals surface area contributed by atoms with Gasteiger partial charge in [-0.05, 0) is 24.9 Å². The van der Waals surface area contributed by atoms with E-state index in [-0.39, 0.29) is 5.41 Å². The fourth-order valence-corrected chi connectivity index (χ4v) is 2.99. The van der Waals surface area contributed by atoms with Crippen molar-refractivity contribution in [2.45, 2.75) is 31.2 Å². The Bertz CT molecular complexity index is 542. The van der Waals surface area contributed by atoms with Crippen LogP contribution in [0.3, 0.4) is 0 Å². The Morgan fingerprint density at radius 2 is 2.05 bits per heavy atom. The van der Waals surface area contributed by atoms with Crippen LogP contribution in [-0.2, 0) is 12.5 Å². The topological polar surface area (TPSA) is 42.7 Å². The third kappa shape index (κ3) is 2.06. The molecule has 0 spiro atoms. The van der Waals surface area contributed by atoms with Gasteiger partial charge in [-0.1, -0.05) is 42.5 Å². The first-order chi connectivity index (χ1) is 9.28. The van der Waals surface area contributed by atoms with Gasteiger partial charge in [0, 0.05) is 12.5 Å². The van der Waals surface area contributed by atoms with Gasteiger partial charge in [0.15, 0.2) is 0 Å². The van der Waals surface area contributed by atoms with Crippen LogP contribution in [0.4, 0.5) is 0 Å². The van der Waals surface area contributed by atoms with Gasteiger partial charge in [0.05, 0.1) is 17.9 Å². The number of hydrogen-bond donors (Lipinski definition) is 1. The normalized spacial score (nSPS) is 18.2. The average Bonchev–Trinajstić information content (AvgIpc) is 3.14. The summed E-state index contributed by atoms with van der Waals surface area (Å²) in [6.45, 7) is 3.10. The molecule has 1 unspecified atom stereocenters. The molecule has 1 fully saturated rings. The molecular weight excluding hydrogens is 236 g/mol. The number of hydrogen-bond acceptors (Lipinski definition) is 3. The number of rotatable bonds is 5. The molecule has 4 nitrogen and oxygen atoms in total. The number of aryl methyl sites for hydroxylation is 1. The predicted octanol–water partition coefficient (Wildman–Crippen LogP) is 2.20. The molecule has 1 saturated carbocycles. The quantitative estimate of drug-likeness (QED) is 0.891. The molecule has 0 amide bonds. The maximum Gasteiger partial charge on any atom is 0.0762 e. The standard InChI is InChI=1S/C15H20N4/c1-3-16-14(13-11-17-18-19(13)2)15(9-10-15)12-7-5-4-6-8-12/h4-8,11,14,16H,3,9-10H2,1-2H3. The number of nitrogens with zero attached hydrogens (tertiary/aromatic N) is 3. The Hall–Kier alpha value is -1.68. The zero-order valence-electron chi connectivity index (χ0n) is 11.5. The molecule has 1 aliphatic carbocycles. The van der Waals surface area contributed by atoms with E-state index in [1.54, 1.807) is 0 Å². The van der Waals surface area contributed by atoms with E-state index in [1.807, 2.05) is 17.9 Å². The molecule has 4 heteroatoms. The summed E-state index contributed by atoms with van der Waals surface area (Å²) in [5.74, 6) is 0. The summed E-state index contributed by atoms with van der Waals surface area (Å²) in [4.78, 5) is 0. The summed E-state index contributed by atoms with van der Waals surface area (Å²) in [7, 11) is 1.97. The first-order valence-electron chi connectivity index (χ1n) is 6.91. The number of nitrogens with one attached hydrogen (secondary N) is 1. The minimum atomic E-state index is 0.215. The van der Waals surface area contributed by atoms with Gasteiger partial charge in [0.1, 0.15) is 0 Å². The van der Waals surface area contributed by atoms with Crippen LogP contribution in [0.5, 0.6) is 0 Å². The summed E-state index contributed by atoms with van der Waals surface area (Å²) in [5.41, 5.74) is 2.80. The van der Waals surface area contributed by atoms with E-state index in [0.29, 0.717) is 6.04 Å². The highest BCUT2D eigenvalue weighted by atomic mass is 15.4. The molecule has 19 heavy (non-hydrogen) atoms. The molecule has 1 aromatic heterocycles. The van der Waals surface area contributed by atoms with Crippen molar-refractivity contribution in [3.63, 3.8) is 0 Å². The second-order valence-electron chi connectivity index (χ2n) is 5.30. The molecule has 1 aliphatic rings.